The van der Waals surface area contributed by atoms with Gasteiger partial charge < -0.3 is 0 Å². The number of benzene rings is 2. The first-order valence-electron chi connectivity index (χ1n) is 5.89. The smallest absolute Gasteiger partial charge is 0.0127 e. The fraction of sp³-hybridized carbons (Fsp3) is 0.176. The van der Waals surface area contributed by atoms with E-state index in [2.05, 4.69) is 61.4 Å². The van der Waals surface area contributed by atoms with Gasteiger partial charge in [0.15, 0.2) is 0 Å². The summed E-state index contributed by atoms with van der Waals surface area (Å²) in [5, 5.41) is 0. The highest BCUT2D eigenvalue weighted by molar-refractivity contribution is 5.67. The first-order valence-corrected chi connectivity index (χ1v) is 5.89. The Labute approximate surface area is 103 Å². The molecule has 0 aliphatic heterocycles. The van der Waals surface area contributed by atoms with Crippen molar-refractivity contribution in [3.05, 3.63) is 59.7 Å². The molecule has 2 rings (SSSR count). The molecule has 0 spiro atoms. The SMILES string of the molecule is C#CCCc1cccc(-c2ccccc2C)c1. The maximum atomic E-state index is 5.30. The van der Waals surface area contributed by atoms with Crippen LogP contribution in [-0.4, -0.2) is 0 Å². The Morgan fingerprint density at radius 3 is 2.65 bits per heavy atom. The molecule has 0 unspecified atom stereocenters. The molecule has 84 valence electrons. The van der Waals surface area contributed by atoms with E-state index in [-0.39, 0.29) is 0 Å². The molecule has 0 aromatic heterocycles. The highest BCUT2D eigenvalue weighted by Crippen LogP contribution is 2.24. The zero-order valence-corrected chi connectivity index (χ0v) is 10.1. The molecule has 0 fully saturated rings. The molecule has 0 aliphatic carbocycles. The summed E-state index contributed by atoms with van der Waals surface area (Å²) >= 11 is 0. The molecule has 2 aromatic carbocycles. The van der Waals surface area contributed by atoms with Gasteiger partial charge >= 0.3 is 0 Å². The van der Waals surface area contributed by atoms with Crippen molar-refractivity contribution in [1.82, 2.24) is 0 Å². The summed E-state index contributed by atoms with van der Waals surface area (Å²) in [4.78, 5) is 0. The molecule has 0 heterocycles. The third-order valence-corrected chi connectivity index (χ3v) is 2.94. The molecule has 0 N–H and O–H groups in total. The number of rotatable bonds is 3. The average molecular weight is 220 g/mol. The van der Waals surface area contributed by atoms with Crippen LogP contribution >= 0.6 is 0 Å². The summed E-state index contributed by atoms with van der Waals surface area (Å²) in [7, 11) is 0. The van der Waals surface area contributed by atoms with Gasteiger partial charge in [-0.2, -0.15) is 0 Å². The minimum atomic E-state index is 0.803. The van der Waals surface area contributed by atoms with Gasteiger partial charge in [0.05, 0.1) is 0 Å². The van der Waals surface area contributed by atoms with Crippen molar-refractivity contribution in [3.8, 4) is 23.5 Å². The standard InChI is InChI=1S/C17H16/c1-3-4-9-15-10-7-11-16(13-15)17-12-6-5-8-14(17)2/h1,5-8,10-13H,4,9H2,2H3. The molecule has 0 atom stereocenters. The van der Waals surface area contributed by atoms with Crippen molar-refractivity contribution in [2.45, 2.75) is 19.8 Å². The van der Waals surface area contributed by atoms with E-state index < -0.39 is 0 Å². The number of hydrogen-bond donors (Lipinski definition) is 0. The van der Waals surface area contributed by atoms with Crippen molar-refractivity contribution in [1.29, 1.82) is 0 Å². The summed E-state index contributed by atoms with van der Waals surface area (Å²) in [6.45, 7) is 2.14. The lowest BCUT2D eigenvalue weighted by molar-refractivity contribution is 1.03. The molecule has 0 bridgehead atoms. The van der Waals surface area contributed by atoms with Crippen LogP contribution < -0.4 is 0 Å². The zero-order chi connectivity index (χ0) is 12.1. The van der Waals surface area contributed by atoms with Crippen molar-refractivity contribution < 1.29 is 0 Å². The van der Waals surface area contributed by atoms with E-state index in [1.54, 1.807) is 0 Å². The second kappa shape index (κ2) is 5.37. The normalized spacial score (nSPS) is 9.88. The fourth-order valence-electron chi connectivity index (χ4n) is 2.01. The van der Waals surface area contributed by atoms with Gasteiger partial charge in [-0.25, -0.2) is 0 Å². The van der Waals surface area contributed by atoms with E-state index in [1.807, 2.05) is 0 Å². The van der Waals surface area contributed by atoms with E-state index in [1.165, 1.54) is 22.3 Å². The van der Waals surface area contributed by atoms with Crippen molar-refractivity contribution in [3.63, 3.8) is 0 Å². The molecule has 0 heteroatoms. The van der Waals surface area contributed by atoms with Gasteiger partial charge in [-0.3, -0.25) is 0 Å². The number of terminal acetylenes is 1. The van der Waals surface area contributed by atoms with E-state index in [9.17, 15) is 0 Å². The zero-order valence-electron chi connectivity index (χ0n) is 10.1. The summed E-state index contributed by atoms with van der Waals surface area (Å²) in [5.41, 5.74) is 5.19. The van der Waals surface area contributed by atoms with Gasteiger partial charge in [0.1, 0.15) is 0 Å². The predicted octanol–water partition coefficient (Wildman–Crippen LogP) is 4.23. The average Bonchev–Trinajstić information content (AvgIpc) is 2.37. The molecule has 2 aromatic rings. The highest BCUT2D eigenvalue weighted by Gasteiger charge is 2.01. The lowest BCUT2D eigenvalue weighted by Crippen LogP contribution is -1.87. The Balaban J connectivity index is 2.34. The Hall–Kier alpha value is -2.00. The topological polar surface area (TPSA) is 0 Å². The molecule has 17 heavy (non-hydrogen) atoms. The molecule has 0 nitrogen and oxygen atoms in total. The Morgan fingerprint density at radius 1 is 1.06 bits per heavy atom. The minimum absolute atomic E-state index is 0.803. The Kier molecular flexibility index (Phi) is 3.62. The third-order valence-electron chi connectivity index (χ3n) is 2.94. The molecule has 0 radical (unpaired) electrons. The summed E-state index contributed by atoms with van der Waals surface area (Å²) in [5.74, 6) is 2.69. The van der Waals surface area contributed by atoms with Crippen LogP contribution in [0.25, 0.3) is 11.1 Å². The Bertz CT molecular complexity index is 544. The molecule has 0 saturated carbocycles. The highest BCUT2D eigenvalue weighted by atomic mass is 14.1. The Morgan fingerprint density at radius 2 is 1.88 bits per heavy atom. The number of aryl methyl sites for hydroxylation is 2. The third kappa shape index (κ3) is 2.77. The predicted molar refractivity (Wildman–Crippen MR) is 73.8 cm³/mol. The second-order valence-corrected chi connectivity index (χ2v) is 4.22. The summed E-state index contributed by atoms with van der Waals surface area (Å²) < 4.78 is 0. The van der Waals surface area contributed by atoms with E-state index >= 15 is 0 Å². The summed E-state index contributed by atoms with van der Waals surface area (Å²) in [6.07, 6.45) is 7.06. The van der Waals surface area contributed by atoms with Crippen molar-refractivity contribution >= 4 is 0 Å². The van der Waals surface area contributed by atoms with Crippen LogP contribution in [-0.2, 0) is 6.42 Å². The van der Waals surface area contributed by atoms with Gasteiger partial charge in [0.25, 0.3) is 0 Å². The second-order valence-electron chi connectivity index (χ2n) is 4.22. The lowest BCUT2D eigenvalue weighted by Gasteiger charge is -2.07. The monoisotopic (exact) mass is 220 g/mol. The largest absolute Gasteiger partial charge is 0.120 e. The molecule has 0 aliphatic rings. The molecular weight excluding hydrogens is 204 g/mol. The van der Waals surface area contributed by atoms with Crippen LogP contribution in [0.15, 0.2) is 48.5 Å². The maximum Gasteiger partial charge on any atom is 0.0127 e. The maximum absolute atomic E-state index is 5.30. The van der Waals surface area contributed by atoms with Crippen LogP contribution in [0.2, 0.25) is 0 Å². The first-order chi connectivity index (χ1) is 8.31. The number of hydrogen-bond acceptors (Lipinski definition) is 0. The minimum Gasteiger partial charge on any atom is -0.120 e. The van der Waals surface area contributed by atoms with Crippen LogP contribution in [0.1, 0.15) is 17.5 Å². The van der Waals surface area contributed by atoms with Crippen LogP contribution in [0, 0.1) is 19.3 Å². The summed E-state index contributed by atoms with van der Waals surface area (Å²) in [6, 6.07) is 17.1. The quantitative estimate of drug-likeness (QED) is 0.679. The molecule has 0 saturated heterocycles. The van der Waals surface area contributed by atoms with Gasteiger partial charge in [0, 0.05) is 6.42 Å². The first kappa shape index (κ1) is 11.5. The lowest BCUT2D eigenvalue weighted by atomic mass is 9.98. The van der Waals surface area contributed by atoms with Crippen LogP contribution in [0.4, 0.5) is 0 Å². The molecular formula is C17H16. The van der Waals surface area contributed by atoms with Gasteiger partial charge in [-0.05, 0) is 35.6 Å². The van der Waals surface area contributed by atoms with Crippen LogP contribution in [0.3, 0.4) is 0 Å². The van der Waals surface area contributed by atoms with E-state index in [4.69, 9.17) is 6.42 Å². The van der Waals surface area contributed by atoms with E-state index in [0.29, 0.717) is 0 Å². The van der Waals surface area contributed by atoms with Crippen molar-refractivity contribution in [2.24, 2.45) is 0 Å². The van der Waals surface area contributed by atoms with Gasteiger partial charge in [-0.1, -0.05) is 48.5 Å². The van der Waals surface area contributed by atoms with Crippen molar-refractivity contribution in [2.75, 3.05) is 0 Å². The van der Waals surface area contributed by atoms with Crippen LogP contribution in [0.5, 0.6) is 0 Å². The fourth-order valence-corrected chi connectivity index (χ4v) is 2.01. The van der Waals surface area contributed by atoms with Gasteiger partial charge in [-0.15, -0.1) is 12.3 Å². The van der Waals surface area contributed by atoms with E-state index in [0.717, 1.165) is 12.8 Å². The molecule has 0 amide bonds. The van der Waals surface area contributed by atoms with Gasteiger partial charge in [0.2, 0.25) is 0 Å².